The van der Waals surface area contributed by atoms with Crippen molar-refractivity contribution in [2.45, 2.75) is 31.6 Å². The Kier molecular flexibility index (Phi) is 5.97. The standard InChI is InChI=1S/C17H24N2O5S/c1-13(21)14-4-3-5-15(10-14)25(23,24)18-8-6-16(22)19-9-7-17(2,11-19)12-20/h3-5,10,18,20H,6-9,11-12H2,1-2H3/t17-/m0/s1. The van der Waals surface area contributed by atoms with E-state index in [4.69, 9.17) is 0 Å². The van der Waals surface area contributed by atoms with Crippen LogP contribution >= 0.6 is 0 Å². The Bertz CT molecular complexity index is 762. The van der Waals surface area contributed by atoms with E-state index in [2.05, 4.69) is 4.72 Å². The van der Waals surface area contributed by atoms with Crippen LogP contribution in [0.1, 0.15) is 37.0 Å². The fourth-order valence-corrected chi connectivity index (χ4v) is 3.86. The molecule has 1 aromatic carbocycles. The van der Waals surface area contributed by atoms with E-state index in [1.807, 2.05) is 6.92 Å². The second kappa shape index (κ2) is 7.63. The van der Waals surface area contributed by atoms with Gasteiger partial charge >= 0.3 is 0 Å². The molecule has 1 fully saturated rings. The number of nitrogens with zero attached hydrogens (tertiary/aromatic N) is 1. The van der Waals surface area contributed by atoms with Crippen molar-refractivity contribution in [2.24, 2.45) is 5.41 Å². The zero-order valence-corrected chi connectivity index (χ0v) is 15.3. The van der Waals surface area contributed by atoms with Crippen LogP contribution in [0.4, 0.5) is 0 Å². The first-order chi connectivity index (χ1) is 11.7. The molecule has 0 spiro atoms. The lowest BCUT2D eigenvalue weighted by Gasteiger charge is -2.22. The van der Waals surface area contributed by atoms with Crippen molar-refractivity contribution in [3.8, 4) is 0 Å². The number of sulfonamides is 1. The van der Waals surface area contributed by atoms with Crippen LogP contribution < -0.4 is 4.72 Å². The van der Waals surface area contributed by atoms with Gasteiger partial charge in [0.15, 0.2) is 5.78 Å². The summed E-state index contributed by atoms with van der Waals surface area (Å²) in [5, 5.41) is 9.34. The molecule has 1 amide bonds. The molecule has 138 valence electrons. The largest absolute Gasteiger partial charge is 0.396 e. The molecule has 0 saturated carbocycles. The molecular weight excluding hydrogens is 344 g/mol. The molecule has 2 N–H and O–H groups in total. The molecule has 1 saturated heterocycles. The number of likely N-dealkylation sites (tertiary alicyclic amines) is 1. The lowest BCUT2D eigenvalue weighted by Crippen LogP contribution is -2.35. The summed E-state index contributed by atoms with van der Waals surface area (Å²) in [5.41, 5.74) is 0.0433. The highest BCUT2D eigenvalue weighted by Gasteiger charge is 2.35. The molecule has 0 bridgehead atoms. The van der Waals surface area contributed by atoms with Crippen molar-refractivity contribution in [2.75, 3.05) is 26.2 Å². The molecule has 1 heterocycles. The molecule has 0 aliphatic carbocycles. The third kappa shape index (κ3) is 4.87. The smallest absolute Gasteiger partial charge is 0.240 e. The molecule has 0 aromatic heterocycles. The molecule has 0 unspecified atom stereocenters. The summed E-state index contributed by atoms with van der Waals surface area (Å²) in [5.74, 6) is -0.356. The highest BCUT2D eigenvalue weighted by molar-refractivity contribution is 7.89. The number of aliphatic hydroxyl groups excluding tert-OH is 1. The van der Waals surface area contributed by atoms with E-state index in [-0.39, 0.29) is 41.6 Å². The van der Waals surface area contributed by atoms with E-state index in [1.165, 1.54) is 25.1 Å². The van der Waals surface area contributed by atoms with E-state index in [0.717, 1.165) is 6.42 Å². The maximum absolute atomic E-state index is 12.3. The highest BCUT2D eigenvalue weighted by Crippen LogP contribution is 2.29. The Balaban J connectivity index is 1.91. The summed E-state index contributed by atoms with van der Waals surface area (Å²) in [6.07, 6.45) is 0.784. The molecule has 8 heteroatoms. The zero-order chi connectivity index (χ0) is 18.7. The van der Waals surface area contributed by atoms with Crippen molar-refractivity contribution in [3.05, 3.63) is 29.8 Å². The Labute approximate surface area is 148 Å². The molecule has 1 atom stereocenters. The summed E-state index contributed by atoms with van der Waals surface area (Å²) >= 11 is 0. The fraction of sp³-hybridized carbons (Fsp3) is 0.529. The van der Waals surface area contributed by atoms with Gasteiger partial charge in [0.1, 0.15) is 0 Å². The molecule has 1 aliphatic heterocycles. The van der Waals surface area contributed by atoms with E-state index < -0.39 is 10.0 Å². The molecule has 1 aromatic rings. The molecule has 25 heavy (non-hydrogen) atoms. The highest BCUT2D eigenvalue weighted by atomic mass is 32.2. The van der Waals surface area contributed by atoms with Crippen LogP contribution in [-0.4, -0.2) is 56.4 Å². The molecule has 1 aliphatic rings. The summed E-state index contributed by atoms with van der Waals surface area (Å²) < 4.78 is 27.0. The third-order valence-corrected chi connectivity index (χ3v) is 5.93. The average Bonchev–Trinajstić information content (AvgIpc) is 2.98. The Morgan fingerprint density at radius 2 is 2.08 bits per heavy atom. The Morgan fingerprint density at radius 1 is 1.36 bits per heavy atom. The van der Waals surface area contributed by atoms with Crippen molar-refractivity contribution < 1.29 is 23.1 Å². The quantitative estimate of drug-likeness (QED) is 0.693. The van der Waals surface area contributed by atoms with Gasteiger partial charge in [-0.1, -0.05) is 19.1 Å². The molecule has 7 nitrogen and oxygen atoms in total. The SMILES string of the molecule is CC(=O)c1cccc(S(=O)(=O)NCCC(=O)N2CC[C@](C)(CO)C2)c1. The number of Topliss-reactive ketones (excluding diaryl/α,β-unsaturated/α-hetero) is 1. The first-order valence-electron chi connectivity index (χ1n) is 8.16. The lowest BCUT2D eigenvalue weighted by molar-refractivity contribution is -0.130. The van der Waals surface area contributed by atoms with Crippen LogP contribution in [0.15, 0.2) is 29.2 Å². The lowest BCUT2D eigenvalue weighted by atomic mass is 9.91. The monoisotopic (exact) mass is 368 g/mol. The second-order valence-electron chi connectivity index (χ2n) is 6.77. The van der Waals surface area contributed by atoms with Crippen molar-refractivity contribution in [1.29, 1.82) is 0 Å². The second-order valence-corrected chi connectivity index (χ2v) is 8.53. The number of rotatable bonds is 7. The number of carbonyl (C=O) groups excluding carboxylic acids is 2. The maximum Gasteiger partial charge on any atom is 0.240 e. The van der Waals surface area contributed by atoms with Crippen LogP contribution in [0.2, 0.25) is 0 Å². The summed E-state index contributed by atoms with van der Waals surface area (Å²) in [6.45, 7) is 4.35. The van der Waals surface area contributed by atoms with Crippen LogP contribution in [0.3, 0.4) is 0 Å². The minimum absolute atomic E-state index is 0.00155. The van der Waals surface area contributed by atoms with Crippen LogP contribution in [0.25, 0.3) is 0 Å². The number of ketones is 1. The van der Waals surface area contributed by atoms with Gasteiger partial charge < -0.3 is 10.0 Å². The van der Waals surface area contributed by atoms with Gasteiger partial charge in [0, 0.05) is 37.0 Å². The van der Waals surface area contributed by atoms with Crippen molar-refractivity contribution in [3.63, 3.8) is 0 Å². The van der Waals surface area contributed by atoms with Gasteiger partial charge in [-0.15, -0.1) is 0 Å². The van der Waals surface area contributed by atoms with Gasteiger partial charge in [-0.3, -0.25) is 9.59 Å². The van der Waals surface area contributed by atoms with Gasteiger partial charge in [-0.05, 0) is 25.5 Å². The summed E-state index contributed by atoms with van der Waals surface area (Å²) in [7, 11) is -3.78. The summed E-state index contributed by atoms with van der Waals surface area (Å²) in [6, 6.07) is 5.79. The maximum atomic E-state index is 12.3. The summed E-state index contributed by atoms with van der Waals surface area (Å²) in [4.78, 5) is 25.2. The number of hydrogen-bond donors (Lipinski definition) is 2. The first-order valence-corrected chi connectivity index (χ1v) is 9.64. The molecule has 2 rings (SSSR count). The number of benzene rings is 1. The molecule has 0 radical (unpaired) electrons. The number of aliphatic hydroxyl groups is 1. The zero-order valence-electron chi connectivity index (χ0n) is 14.5. The number of carbonyl (C=O) groups is 2. The first kappa shape index (κ1) is 19.6. The van der Waals surface area contributed by atoms with Crippen LogP contribution in [0, 0.1) is 5.41 Å². The van der Waals surface area contributed by atoms with Crippen molar-refractivity contribution >= 4 is 21.7 Å². The van der Waals surface area contributed by atoms with E-state index >= 15 is 0 Å². The predicted octanol–water partition coefficient (Wildman–Crippen LogP) is 0.788. The topological polar surface area (TPSA) is 104 Å². The van der Waals surface area contributed by atoms with Crippen LogP contribution in [-0.2, 0) is 14.8 Å². The predicted molar refractivity (Wildman–Crippen MR) is 92.6 cm³/mol. The van der Waals surface area contributed by atoms with Crippen LogP contribution in [0.5, 0.6) is 0 Å². The minimum Gasteiger partial charge on any atom is -0.396 e. The number of nitrogens with one attached hydrogen (secondary N) is 1. The number of amides is 1. The molecular formula is C17H24N2O5S. The van der Waals surface area contributed by atoms with Gasteiger partial charge in [0.2, 0.25) is 15.9 Å². The normalized spacial score (nSPS) is 20.7. The average molecular weight is 368 g/mol. The van der Waals surface area contributed by atoms with E-state index in [0.29, 0.717) is 18.7 Å². The fourth-order valence-electron chi connectivity index (χ4n) is 2.78. The Hall–Kier alpha value is -1.77. The van der Waals surface area contributed by atoms with E-state index in [9.17, 15) is 23.1 Å². The number of hydrogen-bond acceptors (Lipinski definition) is 5. The third-order valence-electron chi connectivity index (χ3n) is 4.47. The minimum atomic E-state index is -3.78. The van der Waals surface area contributed by atoms with E-state index in [1.54, 1.807) is 11.0 Å². The van der Waals surface area contributed by atoms with Gasteiger partial charge in [0.25, 0.3) is 0 Å². The Morgan fingerprint density at radius 3 is 2.68 bits per heavy atom. The van der Waals surface area contributed by atoms with Crippen molar-refractivity contribution in [1.82, 2.24) is 9.62 Å². The van der Waals surface area contributed by atoms with Gasteiger partial charge in [0.05, 0.1) is 11.5 Å². The van der Waals surface area contributed by atoms with Gasteiger partial charge in [-0.2, -0.15) is 0 Å². The van der Waals surface area contributed by atoms with Gasteiger partial charge in [-0.25, -0.2) is 13.1 Å².